The average Bonchev–Trinajstić information content (AvgIpc) is 2.47. The van der Waals surface area contributed by atoms with Gasteiger partial charge < -0.3 is 34.6 Å². The molecule has 1 rings (SSSR count). The largest absolute Gasteiger partial charge is 0.394 e. The molecule has 7 heteroatoms. The zero-order valence-corrected chi connectivity index (χ0v) is 12.1. The number of methoxy groups -OCH3 is 1. The van der Waals surface area contributed by atoms with Crippen LogP contribution in [-0.4, -0.2) is 71.1 Å². The molecule has 20 heavy (non-hydrogen) atoms. The average molecular weight is 294 g/mol. The molecule has 1 fully saturated rings. The van der Waals surface area contributed by atoms with Crippen molar-refractivity contribution >= 4 is 0 Å². The van der Waals surface area contributed by atoms with Gasteiger partial charge in [-0.3, -0.25) is 0 Å². The van der Waals surface area contributed by atoms with Crippen molar-refractivity contribution in [3.05, 3.63) is 0 Å². The molecule has 0 bridgehead atoms. The molecular formula is C13H26O7. The van der Waals surface area contributed by atoms with Crippen LogP contribution >= 0.6 is 0 Å². The zero-order valence-electron chi connectivity index (χ0n) is 12.1. The molecule has 0 aromatic heterocycles. The van der Waals surface area contributed by atoms with Crippen LogP contribution in [-0.2, 0) is 14.2 Å². The van der Waals surface area contributed by atoms with E-state index in [9.17, 15) is 15.3 Å². The first-order valence-corrected chi connectivity index (χ1v) is 7.04. The molecule has 0 aliphatic carbocycles. The minimum atomic E-state index is -1.86. The predicted molar refractivity (Wildman–Crippen MR) is 69.8 cm³/mol. The topological polar surface area (TPSA) is 109 Å². The number of ether oxygens (including phenoxy) is 3. The summed E-state index contributed by atoms with van der Waals surface area (Å²) in [7, 11) is 1.27. The quantitative estimate of drug-likeness (QED) is 0.348. The van der Waals surface area contributed by atoms with Crippen molar-refractivity contribution in [2.24, 2.45) is 0 Å². The molecule has 120 valence electrons. The van der Waals surface area contributed by atoms with Crippen molar-refractivity contribution in [1.29, 1.82) is 0 Å². The highest BCUT2D eigenvalue weighted by Crippen LogP contribution is 2.32. The summed E-state index contributed by atoms with van der Waals surface area (Å²) >= 11 is 0. The molecule has 1 aliphatic rings. The smallest absolute Gasteiger partial charge is 0.313 e. The summed E-state index contributed by atoms with van der Waals surface area (Å²) in [5.74, 6) is -1.86. The lowest BCUT2D eigenvalue weighted by molar-refractivity contribution is -0.455. The van der Waals surface area contributed by atoms with Crippen molar-refractivity contribution in [3.8, 4) is 0 Å². The third kappa shape index (κ3) is 3.88. The molecule has 0 aromatic rings. The van der Waals surface area contributed by atoms with E-state index in [4.69, 9.17) is 19.3 Å². The first kappa shape index (κ1) is 17.8. The fourth-order valence-electron chi connectivity index (χ4n) is 2.20. The molecule has 7 nitrogen and oxygen atoms in total. The lowest BCUT2D eigenvalue weighted by Crippen LogP contribution is -2.66. The maximum absolute atomic E-state index is 10.0. The van der Waals surface area contributed by atoms with E-state index in [1.54, 1.807) is 0 Å². The number of rotatable bonds is 8. The molecule has 4 N–H and O–H groups in total. The molecule has 1 aliphatic heterocycles. The predicted octanol–water partition coefficient (Wildman–Crippen LogP) is -0.643. The van der Waals surface area contributed by atoms with Gasteiger partial charge in [0.2, 0.25) is 0 Å². The van der Waals surface area contributed by atoms with E-state index in [1.807, 2.05) is 0 Å². The first-order valence-electron chi connectivity index (χ1n) is 7.04. The van der Waals surface area contributed by atoms with Crippen LogP contribution in [0.25, 0.3) is 0 Å². The Bertz CT molecular complexity index is 273. The van der Waals surface area contributed by atoms with Crippen LogP contribution in [0.5, 0.6) is 0 Å². The Labute approximate surface area is 119 Å². The van der Waals surface area contributed by atoms with E-state index >= 15 is 0 Å². The fraction of sp³-hybridized carbons (Fsp3) is 1.00. The molecular weight excluding hydrogens is 268 g/mol. The second-order valence-corrected chi connectivity index (χ2v) is 4.98. The molecule has 1 heterocycles. The van der Waals surface area contributed by atoms with Crippen molar-refractivity contribution in [2.75, 3.05) is 20.3 Å². The Morgan fingerprint density at radius 1 is 1.10 bits per heavy atom. The Morgan fingerprint density at radius 3 is 2.35 bits per heavy atom. The summed E-state index contributed by atoms with van der Waals surface area (Å²) in [6, 6.07) is 0. The van der Waals surface area contributed by atoms with Gasteiger partial charge in [-0.2, -0.15) is 0 Å². The summed E-state index contributed by atoms with van der Waals surface area (Å²) < 4.78 is 15.8. The number of hydrogen-bond donors (Lipinski definition) is 4. The SMILES string of the molecule is CCCCCCO[C@]1(OC)OC(CO)[C@H](O)[C@@H](O)[C@@H]1O. The van der Waals surface area contributed by atoms with E-state index in [1.165, 1.54) is 7.11 Å². The monoisotopic (exact) mass is 294 g/mol. The summed E-state index contributed by atoms with van der Waals surface area (Å²) in [6.07, 6.45) is -1.66. The van der Waals surface area contributed by atoms with Crippen LogP contribution in [0.4, 0.5) is 0 Å². The maximum atomic E-state index is 10.0. The van der Waals surface area contributed by atoms with Gasteiger partial charge in [-0.25, -0.2) is 0 Å². The summed E-state index contributed by atoms with van der Waals surface area (Å²) in [4.78, 5) is 0. The highest BCUT2D eigenvalue weighted by Gasteiger charge is 2.55. The fourth-order valence-corrected chi connectivity index (χ4v) is 2.20. The van der Waals surface area contributed by atoms with Gasteiger partial charge in [-0.1, -0.05) is 26.2 Å². The molecule has 1 unspecified atom stereocenters. The van der Waals surface area contributed by atoms with Crippen molar-refractivity contribution in [3.63, 3.8) is 0 Å². The van der Waals surface area contributed by atoms with Gasteiger partial charge in [0, 0.05) is 7.11 Å². The van der Waals surface area contributed by atoms with Crippen molar-refractivity contribution in [2.45, 2.75) is 63.0 Å². The normalized spacial score (nSPS) is 38.1. The maximum Gasteiger partial charge on any atom is 0.313 e. The van der Waals surface area contributed by atoms with Crippen molar-refractivity contribution in [1.82, 2.24) is 0 Å². The van der Waals surface area contributed by atoms with Gasteiger partial charge in [-0.05, 0) is 6.42 Å². The van der Waals surface area contributed by atoms with Gasteiger partial charge in [0.05, 0.1) is 13.2 Å². The van der Waals surface area contributed by atoms with Crippen molar-refractivity contribution < 1.29 is 34.6 Å². The van der Waals surface area contributed by atoms with Gasteiger partial charge in [0.15, 0.2) is 6.10 Å². The third-order valence-corrected chi connectivity index (χ3v) is 3.50. The van der Waals surface area contributed by atoms with Gasteiger partial charge in [-0.15, -0.1) is 0 Å². The minimum Gasteiger partial charge on any atom is -0.394 e. The van der Waals surface area contributed by atoms with Crippen LogP contribution in [0.2, 0.25) is 0 Å². The lowest BCUT2D eigenvalue weighted by Gasteiger charge is -2.46. The van der Waals surface area contributed by atoms with E-state index in [0.29, 0.717) is 0 Å². The molecule has 0 saturated carbocycles. The number of aliphatic hydroxyl groups is 4. The van der Waals surface area contributed by atoms with E-state index in [0.717, 1.165) is 25.7 Å². The highest BCUT2D eigenvalue weighted by molar-refractivity contribution is 4.92. The van der Waals surface area contributed by atoms with Gasteiger partial charge >= 0.3 is 5.97 Å². The Morgan fingerprint density at radius 2 is 1.80 bits per heavy atom. The van der Waals surface area contributed by atoms with Crippen LogP contribution in [0.1, 0.15) is 32.6 Å². The van der Waals surface area contributed by atoms with Gasteiger partial charge in [0.1, 0.15) is 18.3 Å². The van der Waals surface area contributed by atoms with Gasteiger partial charge in [0.25, 0.3) is 0 Å². The summed E-state index contributed by atoms with van der Waals surface area (Å²) in [5.41, 5.74) is 0. The summed E-state index contributed by atoms with van der Waals surface area (Å²) in [5, 5.41) is 38.6. The highest BCUT2D eigenvalue weighted by atomic mass is 16.9. The summed E-state index contributed by atoms with van der Waals surface area (Å²) in [6.45, 7) is 1.86. The third-order valence-electron chi connectivity index (χ3n) is 3.50. The number of unbranched alkanes of at least 4 members (excludes halogenated alkanes) is 3. The van der Waals surface area contributed by atoms with E-state index in [-0.39, 0.29) is 6.61 Å². The lowest BCUT2D eigenvalue weighted by atomic mass is 9.97. The molecule has 0 spiro atoms. The molecule has 1 saturated heterocycles. The zero-order chi connectivity index (χ0) is 15.2. The minimum absolute atomic E-state index is 0.284. The van der Waals surface area contributed by atoms with Crippen LogP contribution < -0.4 is 0 Å². The van der Waals surface area contributed by atoms with E-state index in [2.05, 4.69) is 6.92 Å². The second kappa shape index (κ2) is 8.23. The standard InChI is InChI=1S/C13H26O7/c1-3-4-5-6-7-19-13(18-2)12(17)11(16)10(15)9(8-14)20-13/h9-12,14-17H,3-8H2,1-2H3/t9?,10-,11+,12-,13-/m0/s1. The molecule has 0 amide bonds. The Balaban J connectivity index is 2.64. The van der Waals surface area contributed by atoms with Crippen LogP contribution in [0.15, 0.2) is 0 Å². The molecule has 0 radical (unpaired) electrons. The molecule has 5 atom stereocenters. The first-order chi connectivity index (χ1) is 9.52. The van der Waals surface area contributed by atoms with Crippen LogP contribution in [0, 0.1) is 0 Å². The Hall–Kier alpha value is -0.280. The number of aliphatic hydroxyl groups excluding tert-OH is 4. The van der Waals surface area contributed by atoms with E-state index < -0.39 is 37.0 Å². The second-order valence-electron chi connectivity index (χ2n) is 4.98. The molecule has 0 aromatic carbocycles. The van der Waals surface area contributed by atoms with Crippen LogP contribution in [0.3, 0.4) is 0 Å². The number of hydrogen-bond acceptors (Lipinski definition) is 7. The Kier molecular flexibility index (Phi) is 7.32.